The van der Waals surface area contributed by atoms with Crippen LogP contribution in [0.5, 0.6) is 0 Å². The van der Waals surface area contributed by atoms with E-state index in [9.17, 15) is 4.79 Å². The van der Waals surface area contributed by atoms with Crippen LogP contribution in [0.2, 0.25) is 0 Å². The van der Waals surface area contributed by atoms with Gasteiger partial charge in [0.25, 0.3) is 0 Å². The number of hydrogen-bond acceptors (Lipinski definition) is 4. The van der Waals surface area contributed by atoms with Gasteiger partial charge in [-0.15, -0.1) is 0 Å². The average molecular weight is 240 g/mol. The predicted molar refractivity (Wildman–Crippen MR) is 67.1 cm³/mol. The summed E-state index contributed by atoms with van der Waals surface area (Å²) in [6.45, 7) is 7.66. The Hall–Kier alpha value is -0.450. The van der Waals surface area contributed by atoms with Gasteiger partial charge >= 0.3 is 0 Å². The van der Waals surface area contributed by atoms with E-state index in [0.29, 0.717) is 31.5 Å². The number of nitrogens with zero attached hydrogens (tertiary/aromatic N) is 2. The molecule has 0 aromatic heterocycles. The largest absolute Gasteiger partial charge is 0.380 e. The maximum atomic E-state index is 11.8. The second-order valence-corrected chi connectivity index (χ2v) is 5.29. The Morgan fingerprint density at radius 3 is 2.94 bits per heavy atom. The maximum Gasteiger partial charge on any atom is 0.141 e. The van der Waals surface area contributed by atoms with Gasteiger partial charge in [-0.2, -0.15) is 0 Å². The van der Waals surface area contributed by atoms with Crippen LogP contribution in [0.4, 0.5) is 0 Å². The summed E-state index contributed by atoms with van der Waals surface area (Å²) < 4.78 is 5.41. The summed E-state index contributed by atoms with van der Waals surface area (Å²) in [5.74, 6) is 0.507. The van der Waals surface area contributed by atoms with Crippen LogP contribution >= 0.6 is 0 Å². The molecule has 2 atom stereocenters. The van der Waals surface area contributed by atoms with Crippen molar-refractivity contribution in [3.63, 3.8) is 0 Å². The average Bonchev–Trinajstić information content (AvgIpc) is 2.34. The summed E-state index contributed by atoms with van der Waals surface area (Å²) in [4.78, 5) is 16.6. The number of carbonyl (C=O) groups excluding carboxylic acids is 1. The molecule has 0 spiro atoms. The van der Waals surface area contributed by atoms with Crippen molar-refractivity contribution in [1.29, 1.82) is 0 Å². The Kier molecular flexibility index (Phi) is 4.54. The van der Waals surface area contributed by atoms with Crippen molar-refractivity contribution < 1.29 is 9.53 Å². The van der Waals surface area contributed by atoms with Gasteiger partial charge in [0.1, 0.15) is 5.78 Å². The molecule has 0 amide bonds. The Morgan fingerprint density at radius 2 is 2.24 bits per heavy atom. The molecule has 0 N–H and O–H groups in total. The monoisotopic (exact) mass is 240 g/mol. The highest BCUT2D eigenvalue weighted by molar-refractivity contribution is 5.82. The number of likely N-dealkylation sites (N-methyl/N-ethyl adjacent to an activating group) is 1. The molecule has 0 radical (unpaired) electrons. The smallest absolute Gasteiger partial charge is 0.141 e. The number of Topliss-reactive ketones (excluding diaryl/α,β-unsaturated/α-hetero) is 1. The second-order valence-electron chi connectivity index (χ2n) is 5.29. The fourth-order valence-electron chi connectivity index (χ4n) is 2.78. The minimum atomic E-state index is 0.115. The second kappa shape index (κ2) is 5.94. The summed E-state index contributed by atoms with van der Waals surface area (Å²) in [5, 5.41) is 0. The first kappa shape index (κ1) is 13.0. The Balaban J connectivity index is 1.84. The molecule has 2 rings (SSSR count). The van der Waals surface area contributed by atoms with Crippen molar-refractivity contribution in [2.24, 2.45) is 5.92 Å². The van der Waals surface area contributed by atoms with E-state index in [4.69, 9.17) is 4.74 Å². The van der Waals surface area contributed by atoms with Gasteiger partial charge in [-0.1, -0.05) is 6.92 Å². The van der Waals surface area contributed by atoms with Gasteiger partial charge in [0.15, 0.2) is 0 Å². The first-order valence-corrected chi connectivity index (χ1v) is 6.73. The Morgan fingerprint density at radius 1 is 1.41 bits per heavy atom. The van der Waals surface area contributed by atoms with Crippen molar-refractivity contribution in [2.45, 2.75) is 25.8 Å². The fourth-order valence-corrected chi connectivity index (χ4v) is 2.78. The molecule has 0 bridgehead atoms. The normalized spacial score (nSPS) is 32.9. The number of ketones is 1. The lowest BCUT2D eigenvalue weighted by molar-refractivity contribution is -0.131. The summed E-state index contributed by atoms with van der Waals surface area (Å²) >= 11 is 0. The van der Waals surface area contributed by atoms with Crippen molar-refractivity contribution in [3.05, 3.63) is 0 Å². The highest BCUT2D eigenvalue weighted by atomic mass is 16.5. The molecule has 2 unspecified atom stereocenters. The third-order valence-corrected chi connectivity index (χ3v) is 4.08. The number of piperazine rings is 1. The van der Waals surface area contributed by atoms with E-state index in [1.54, 1.807) is 0 Å². The van der Waals surface area contributed by atoms with Gasteiger partial charge in [-0.3, -0.25) is 9.69 Å². The molecular formula is C13H24N2O2. The van der Waals surface area contributed by atoms with Gasteiger partial charge in [0.2, 0.25) is 0 Å². The molecule has 4 nitrogen and oxygen atoms in total. The van der Waals surface area contributed by atoms with Gasteiger partial charge in [-0.25, -0.2) is 0 Å². The van der Waals surface area contributed by atoms with Crippen LogP contribution in [0, 0.1) is 5.92 Å². The highest BCUT2D eigenvalue weighted by Gasteiger charge is 2.29. The van der Waals surface area contributed by atoms with Crippen molar-refractivity contribution in [2.75, 3.05) is 46.4 Å². The fraction of sp³-hybridized carbons (Fsp3) is 0.923. The maximum absolute atomic E-state index is 11.8. The van der Waals surface area contributed by atoms with Crippen molar-refractivity contribution in [3.8, 4) is 0 Å². The lowest BCUT2D eigenvalue weighted by atomic mass is 9.99. The highest BCUT2D eigenvalue weighted by Crippen LogP contribution is 2.16. The van der Waals surface area contributed by atoms with Crippen LogP contribution in [0.1, 0.15) is 19.8 Å². The van der Waals surface area contributed by atoms with Gasteiger partial charge in [0.05, 0.1) is 19.1 Å². The minimum Gasteiger partial charge on any atom is -0.380 e. The lowest BCUT2D eigenvalue weighted by Gasteiger charge is -2.40. The molecule has 98 valence electrons. The zero-order valence-corrected chi connectivity index (χ0v) is 11.0. The van der Waals surface area contributed by atoms with E-state index >= 15 is 0 Å². The predicted octanol–water partition coefficient (Wildman–Crippen LogP) is 0.618. The molecule has 4 heteroatoms. The van der Waals surface area contributed by atoms with Gasteiger partial charge < -0.3 is 9.64 Å². The van der Waals surface area contributed by atoms with Crippen LogP contribution in [0.3, 0.4) is 0 Å². The molecule has 2 aliphatic rings. The molecule has 0 aromatic carbocycles. The Bertz CT molecular complexity index is 270. The van der Waals surface area contributed by atoms with Crippen molar-refractivity contribution >= 4 is 5.78 Å². The standard InChI is InChI=1S/C13H24N2O2/c1-3-12-9-15(6-5-14(12)2)8-11-10-17-7-4-13(11)16/h11-12H,3-10H2,1-2H3. The van der Waals surface area contributed by atoms with E-state index in [1.165, 1.54) is 6.42 Å². The van der Waals surface area contributed by atoms with E-state index < -0.39 is 0 Å². The van der Waals surface area contributed by atoms with Crippen LogP contribution in [-0.4, -0.2) is 68.1 Å². The molecule has 2 aliphatic heterocycles. The molecule has 0 aromatic rings. The topological polar surface area (TPSA) is 32.8 Å². The molecule has 2 heterocycles. The molecule has 2 saturated heterocycles. The van der Waals surface area contributed by atoms with E-state index in [-0.39, 0.29) is 5.92 Å². The quantitative estimate of drug-likeness (QED) is 0.724. The number of hydrogen-bond donors (Lipinski definition) is 0. The molecule has 2 fully saturated rings. The third-order valence-electron chi connectivity index (χ3n) is 4.08. The van der Waals surface area contributed by atoms with Crippen LogP contribution in [0.25, 0.3) is 0 Å². The summed E-state index contributed by atoms with van der Waals surface area (Å²) in [6.07, 6.45) is 1.79. The third kappa shape index (κ3) is 3.27. The molecular weight excluding hydrogens is 216 g/mol. The van der Waals surface area contributed by atoms with Gasteiger partial charge in [-0.05, 0) is 13.5 Å². The lowest BCUT2D eigenvalue weighted by Crippen LogP contribution is -2.53. The first-order valence-electron chi connectivity index (χ1n) is 6.73. The number of carbonyl (C=O) groups is 1. The van der Waals surface area contributed by atoms with Crippen molar-refractivity contribution in [1.82, 2.24) is 9.80 Å². The van der Waals surface area contributed by atoms with Gasteiger partial charge in [0, 0.05) is 38.6 Å². The zero-order chi connectivity index (χ0) is 12.3. The zero-order valence-electron chi connectivity index (χ0n) is 11.0. The van der Waals surface area contributed by atoms with Crippen LogP contribution < -0.4 is 0 Å². The molecule has 0 aliphatic carbocycles. The number of rotatable bonds is 3. The first-order chi connectivity index (χ1) is 8.20. The van der Waals surface area contributed by atoms with Crippen LogP contribution in [-0.2, 0) is 9.53 Å². The summed E-state index contributed by atoms with van der Waals surface area (Å²) in [7, 11) is 2.19. The minimum absolute atomic E-state index is 0.115. The number of ether oxygens (including phenoxy) is 1. The Labute approximate surface area is 104 Å². The van der Waals surface area contributed by atoms with E-state index in [2.05, 4.69) is 23.8 Å². The summed E-state index contributed by atoms with van der Waals surface area (Å²) in [6, 6.07) is 0.642. The SMILES string of the molecule is CCC1CN(CC2COCCC2=O)CCN1C. The van der Waals surface area contributed by atoms with E-state index in [1.807, 2.05) is 0 Å². The van der Waals surface area contributed by atoms with E-state index in [0.717, 1.165) is 26.2 Å². The molecule has 17 heavy (non-hydrogen) atoms. The molecule has 0 saturated carbocycles. The van der Waals surface area contributed by atoms with Crippen LogP contribution in [0.15, 0.2) is 0 Å². The summed E-state index contributed by atoms with van der Waals surface area (Å²) in [5.41, 5.74) is 0.